The van der Waals surface area contributed by atoms with E-state index < -0.39 is 10.0 Å². The molecule has 0 aliphatic carbocycles. The molecule has 1 aliphatic heterocycles. The van der Waals surface area contributed by atoms with Crippen LogP contribution >= 0.6 is 11.8 Å². The molecule has 0 aromatic heterocycles. The summed E-state index contributed by atoms with van der Waals surface area (Å²) >= 11 is 1.88. The molecule has 21 heavy (non-hydrogen) atoms. The van der Waals surface area contributed by atoms with Gasteiger partial charge in [-0.1, -0.05) is 11.8 Å². The first kappa shape index (κ1) is 16.4. The maximum absolute atomic E-state index is 12.3. The molecule has 1 heterocycles. The van der Waals surface area contributed by atoms with Crippen LogP contribution in [0.5, 0.6) is 0 Å². The van der Waals surface area contributed by atoms with E-state index in [4.69, 9.17) is 5.73 Å². The molecule has 1 aliphatic rings. The molecule has 3 N–H and O–H groups in total. The van der Waals surface area contributed by atoms with Crippen LogP contribution < -0.4 is 10.5 Å². The number of sulfonamides is 1. The average Bonchev–Trinajstić information content (AvgIpc) is 2.97. The number of benzene rings is 1. The summed E-state index contributed by atoms with van der Waals surface area (Å²) in [4.78, 5) is 0.295. The van der Waals surface area contributed by atoms with Crippen LogP contribution in [0.25, 0.3) is 0 Å². The van der Waals surface area contributed by atoms with Crippen LogP contribution in [0.4, 0.5) is 0 Å². The fraction of sp³-hybridized carbons (Fsp3) is 0.467. The van der Waals surface area contributed by atoms with Gasteiger partial charge in [0.2, 0.25) is 10.0 Å². The number of hydrogen-bond donors (Lipinski definition) is 2. The Morgan fingerprint density at radius 3 is 2.90 bits per heavy atom. The third kappa shape index (κ3) is 4.48. The third-order valence-corrected chi connectivity index (χ3v) is 6.07. The highest BCUT2D eigenvalue weighted by atomic mass is 32.2. The van der Waals surface area contributed by atoms with Crippen LogP contribution in [0.3, 0.4) is 0 Å². The molecular weight excluding hydrogens is 304 g/mol. The molecule has 0 spiro atoms. The van der Waals surface area contributed by atoms with E-state index >= 15 is 0 Å². The molecule has 1 unspecified atom stereocenters. The van der Waals surface area contributed by atoms with Gasteiger partial charge in [0.15, 0.2) is 0 Å². The van der Waals surface area contributed by atoms with Crippen molar-refractivity contribution >= 4 is 21.8 Å². The van der Waals surface area contributed by atoms with Crippen molar-refractivity contribution in [2.75, 3.05) is 24.6 Å². The number of aryl methyl sites for hydroxylation is 1. The van der Waals surface area contributed by atoms with Gasteiger partial charge in [-0.05, 0) is 54.5 Å². The molecule has 114 valence electrons. The Kier molecular flexibility index (Phi) is 5.71. The first-order valence-electron chi connectivity index (χ1n) is 6.90. The normalized spacial score (nSPS) is 18.3. The van der Waals surface area contributed by atoms with Crippen LogP contribution in [0.15, 0.2) is 23.1 Å². The van der Waals surface area contributed by atoms with Crippen molar-refractivity contribution in [3.8, 4) is 11.8 Å². The van der Waals surface area contributed by atoms with E-state index in [0.717, 1.165) is 29.1 Å². The van der Waals surface area contributed by atoms with Crippen LogP contribution in [0.2, 0.25) is 0 Å². The van der Waals surface area contributed by atoms with Gasteiger partial charge in [0.1, 0.15) is 0 Å². The van der Waals surface area contributed by atoms with Crippen LogP contribution in [0, 0.1) is 24.7 Å². The van der Waals surface area contributed by atoms with Crippen molar-refractivity contribution in [3.63, 3.8) is 0 Å². The average molecular weight is 324 g/mol. The zero-order valence-electron chi connectivity index (χ0n) is 12.1. The van der Waals surface area contributed by atoms with E-state index in [2.05, 4.69) is 16.6 Å². The summed E-state index contributed by atoms with van der Waals surface area (Å²) in [5.41, 5.74) is 7.00. The summed E-state index contributed by atoms with van der Waals surface area (Å²) in [6, 6.07) is 4.99. The predicted molar refractivity (Wildman–Crippen MR) is 87.7 cm³/mol. The van der Waals surface area contributed by atoms with Crippen LogP contribution in [-0.4, -0.2) is 33.0 Å². The first-order valence-corrected chi connectivity index (χ1v) is 9.53. The second-order valence-electron chi connectivity index (χ2n) is 5.06. The van der Waals surface area contributed by atoms with Crippen molar-refractivity contribution in [1.82, 2.24) is 4.72 Å². The summed E-state index contributed by atoms with van der Waals surface area (Å²) in [6.45, 7) is 2.66. The van der Waals surface area contributed by atoms with E-state index in [1.54, 1.807) is 18.2 Å². The zero-order valence-corrected chi connectivity index (χ0v) is 13.7. The van der Waals surface area contributed by atoms with E-state index in [1.807, 2.05) is 18.7 Å². The van der Waals surface area contributed by atoms with E-state index in [0.29, 0.717) is 23.9 Å². The topological polar surface area (TPSA) is 72.2 Å². The van der Waals surface area contributed by atoms with Gasteiger partial charge in [-0.25, -0.2) is 13.1 Å². The second-order valence-corrected chi connectivity index (χ2v) is 7.98. The summed E-state index contributed by atoms with van der Waals surface area (Å²) in [5, 5.41) is 0. The van der Waals surface area contributed by atoms with E-state index in [-0.39, 0.29) is 0 Å². The molecular formula is C15H20N2O2S2. The largest absolute Gasteiger partial charge is 0.320 e. The van der Waals surface area contributed by atoms with Gasteiger partial charge < -0.3 is 5.73 Å². The van der Waals surface area contributed by atoms with Crippen LogP contribution in [0.1, 0.15) is 17.5 Å². The van der Waals surface area contributed by atoms with Crippen molar-refractivity contribution in [2.24, 2.45) is 11.7 Å². The molecule has 1 aromatic rings. The predicted octanol–water partition coefficient (Wildman–Crippen LogP) is 1.34. The zero-order chi connectivity index (χ0) is 15.3. The monoisotopic (exact) mass is 324 g/mol. The second kappa shape index (κ2) is 7.32. The third-order valence-electron chi connectivity index (χ3n) is 3.42. The fourth-order valence-electron chi connectivity index (χ4n) is 2.15. The lowest BCUT2D eigenvalue weighted by Gasteiger charge is -2.11. The molecule has 0 amide bonds. The quantitative estimate of drug-likeness (QED) is 0.820. The Hall–Kier alpha value is -1.00. The minimum atomic E-state index is -3.44. The van der Waals surface area contributed by atoms with Crippen molar-refractivity contribution in [2.45, 2.75) is 18.2 Å². The van der Waals surface area contributed by atoms with E-state index in [9.17, 15) is 8.42 Å². The number of rotatable bonds is 4. The summed E-state index contributed by atoms with van der Waals surface area (Å²) in [6.07, 6.45) is 1.08. The number of hydrogen-bond acceptors (Lipinski definition) is 4. The van der Waals surface area contributed by atoms with Gasteiger partial charge in [-0.2, -0.15) is 11.8 Å². The maximum atomic E-state index is 12.3. The smallest absolute Gasteiger partial charge is 0.240 e. The molecule has 6 heteroatoms. The summed E-state index contributed by atoms with van der Waals surface area (Å²) in [7, 11) is -3.44. The number of thioether (sulfide) groups is 1. The Bertz CT molecular complexity index is 654. The molecule has 1 fully saturated rings. The lowest BCUT2D eigenvalue weighted by atomic mass is 10.1. The highest BCUT2D eigenvalue weighted by molar-refractivity contribution is 7.99. The number of nitrogens with two attached hydrogens (primary N) is 1. The highest BCUT2D eigenvalue weighted by Crippen LogP contribution is 2.23. The minimum absolute atomic E-state index is 0.292. The van der Waals surface area contributed by atoms with Gasteiger partial charge in [0.25, 0.3) is 0 Å². The van der Waals surface area contributed by atoms with Gasteiger partial charge in [-0.3, -0.25) is 0 Å². The summed E-state index contributed by atoms with van der Waals surface area (Å²) < 4.78 is 27.3. The van der Waals surface area contributed by atoms with Gasteiger partial charge in [0.05, 0.1) is 11.4 Å². The van der Waals surface area contributed by atoms with Gasteiger partial charge in [0, 0.05) is 12.1 Å². The molecule has 4 nitrogen and oxygen atoms in total. The Balaban J connectivity index is 2.10. The standard InChI is InChI=1S/C15H20N2O2S2/c1-12-9-15(5-4-14(12)3-2-7-16)21(18,19)17-10-13-6-8-20-11-13/h4-5,9,13,17H,6-8,10-11,16H2,1H3. The molecule has 1 atom stereocenters. The molecule has 1 saturated heterocycles. The SMILES string of the molecule is Cc1cc(S(=O)(=O)NCC2CCSC2)ccc1C#CCN. The highest BCUT2D eigenvalue weighted by Gasteiger charge is 2.20. The van der Waals surface area contributed by atoms with Crippen molar-refractivity contribution < 1.29 is 8.42 Å². The Labute approximate surface area is 130 Å². The Morgan fingerprint density at radius 2 is 2.29 bits per heavy atom. The van der Waals surface area contributed by atoms with Crippen LogP contribution in [-0.2, 0) is 10.0 Å². The number of nitrogens with one attached hydrogen (secondary N) is 1. The van der Waals surface area contributed by atoms with E-state index in [1.165, 1.54) is 0 Å². The fourth-order valence-corrected chi connectivity index (χ4v) is 4.63. The summed E-state index contributed by atoms with van der Waals surface area (Å²) in [5.74, 6) is 8.32. The van der Waals surface area contributed by atoms with Gasteiger partial charge in [-0.15, -0.1) is 0 Å². The molecule has 0 radical (unpaired) electrons. The molecule has 2 rings (SSSR count). The molecule has 0 saturated carbocycles. The molecule has 1 aromatic carbocycles. The first-order chi connectivity index (χ1) is 10.0. The van der Waals surface area contributed by atoms with Crippen molar-refractivity contribution in [3.05, 3.63) is 29.3 Å². The maximum Gasteiger partial charge on any atom is 0.240 e. The van der Waals surface area contributed by atoms with Gasteiger partial charge >= 0.3 is 0 Å². The minimum Gasteiger partial charge on any atom is -0.320 e. The Morgan fingerprint density at radius 1 is 1.48 bits per heavy atom. The lowest BCUT2D eigenvalue weighted by Crippen LogP contribution is -2.29. The van der Waals surface area contributed by atoms with Crippen molar-refractivity contribution in [1.29, 1.82) is 0 Å². The molecule has 0 bridgehead atoms. The lowest BCUT2D eigenvalue weighted by molar-refractivity contribution is 0.546.